The number of fused-ring (bicyclic) bond motifs is 1. The Morgan fingerprint density at radius 2 is 2.00 bits per heavy atom. The molecule has 0 bridgehead atoms. The molecule has 1 heterocycles. The number of methoxy groups -OCH3 is 2. The van der Waals surface area contributed by atoms with Gasteiger partial charge >= 0.3 is 0 Å². The normalized spacial score (nSPS) is 19.4. The molecule has 0 fully saturated rings. The van der Waals surface area contributed by atoms with Gasteiger partial charge in [0, 0.05) is 13.2 Å². The molecule has 1 unspecified atom stereocenters. The molecule has 1 aliphatic rings. The second-order valence-electron chi connectivity index (χ2n) is 4.42. The lowest BCUT2D eigenvalue weighted by molar-refractivity contribution is 0.149. The average Bonchev–Trinajstić information content (AvgIpc) is 2.40. The summed E-state index contributed by atoms with van der Waals surface area (Å²) >= 11 is 0. The van der Waals surface area contributed by atoms with Crippen LogP contribution in [0.2, 0.25) is 0 Å². The van der Waals surface area contributed by atoms with Crippen LogP contribution in [0.1, 0.15) is 23.6 Å². The predicted molar refractivity (Wildman–Crippen MR) is 68.6 cm³/mol. The van der Waals surface area contributed by atoms with Gasteiger partial charge in [-0.15, -0.1) is 0 Å². The van der Waals surface area contributed by atoms with Gasteiger partial charge in [0.25, 0.3) is 0 Å². The van der Waals surface area contributed by atoms with Crippen LogP contribution >= 0.6 is 0 Å². The van der Waals surface area contributed by atoms with Crippen molar-refractivity contribution in [1.82, 2.24) is 5.01 Å². The van der Waals surface area contributed by atoms with Crippen molar-refractivity contribution >= 4 is 0 Å². The first-order valence-electron chi connectivity index (χ1n) is 6.08. The largest absolute Gasteiger partial charge is 0.493 e. The van der Waals surface area contributed by atoms with Crippen LogP contribution in [-0.4, -0.2) is 37.5 Å². The van der Waals surface area contributed by atoms with Crippen molar-refractivity contribution in [3.63, 3.8) is 0 Å². The number of hydrogen-bond acceptors (Lipinski definition) is 5. The summed E-state index contributed by atoms with van der Waals surface area (Å²) in [7, 11) is 3.25. The van der Waals surface area contributed by atoms with Crippen molar-refractivity contribution in [2.75, 3.05) is 27.4 Å². The summed E-state index contributed by atoms with van der Waals surface area (Å²) in [5, 5.41) is 10.9. The summed E-state index contributed by atoms with van der Waals surface area (Å²) in [4.78, 5) is 0. The van der Waals surface area contributed by atoms with Gasteiger partial charge in [-0.05, 0) is 36.1 Å². The molecular weight excluding hydrogens is 232 g/mol. The Bertz CT molecular complexity index is 423. The summed E-state index contributed by atoms with van der Waals surface area (Å²) in [6.45, 7) is 0.902. The van der Waals surface area contributed by atoms with E-state index < -0.39 is 0 Å². The first-order valence-corrected chi connectivity index (χ1v) is 6.08. The Morgan fingerprint density at radius 1 is 1.33 bits per heavy atom. The highest BCUT2D eigenvalue weighted by Crippen LogP contribution is 2.38. The minimum Gasteiger partial charge on any atom is -0.493 e. The van der Waals surface area contributed by atoms with E-state index in [9.17, 15) is 0 Å². The molecule has 0 spiro atoms. The summed E-state index contributed by atoms with van der Waals surface area (Å²) < 4.78 is 10.6. The van der Waals surface area contributed by atoms with Gasteiger partial charge in [-0.2, -0.15) is 0 Å². The van der Waals surface area contributed by atoms with E-state index in [1.54, 1.807) is 19.2 Å². The van der Waals surface area contributed by atoms with Crippen LogP contribution in [-0.2, 0) is 6.42 Å². The number of nitrogens with two attached hydrogens (primary N) is 1. The molecule has 0 aliphatic carbocycles. The quantitative estimate of drug-likeness (QED) is 0.778. The first-order chi connectivity index (χ1) is 8.71. The molecule has 1 atom stereocenters. The van der Waals surface area contributed by atoms with Gasteiger partial charge in [0.05, 0.1) is 20.3 Å². The fourth-order valence-corrected chi connectivity index (χ4v) is 2.49. The molecule has 0 amide bonds. The van der Waals surface area contributed by atoms with Gasteiger partial charge < -0.3 is 14.6 Å². The number of ether oxygens (including phenoxy) is 2. The Hall–Kier alpha value is -1.30. The Labute approximate surface area is 107 Å². The number of benzene rings is 1. The Kier molecular flexibility index (Phi) is 4.06. The van der Waals surface area contributed by atoms with Crippen LogP contribution in [0.5, 0.6) is 11.5 Å². The fraction of sp³-hybridized carbons (Fsp3) is 0.538. The second-order valence-corrected chi connectivity index (χ2v) is 4.42. The Morgan fingerprint density at radius 3 is 2.61 bits per heavy atom. The third kappa shape index (κ3) is 2.29. The molecule has 5 heteroatoms. The van der Waals surface area contributed by atoms with Crippen LogP contribution < -0.4 is 15.3 Å². The van der Waals surface area contributed by atoms with Crippen molar-refractivity contribution < 1.29 is 14.6 Å². The predicted octanol–water partition coefficient (Wildman–Crippen LogP) is 0.859. The third-order valence-corrected chi connectivity index (χ3v) is 3.45. The van der Waals surface area contributed by atoms with Gasteiger partial charge in [-0.3, -0.25) is 5.84 Å². The lowest BCUT2D eigenvalue weighted by Gasteiger charge is -2.34. The van der Waals surface area contributed by atoms with E-state index in [2.05, 4.69) is 0 Å². The van der Waals surface area contributed by atoms with Crippen molar-refractivity contribution in [2.24, 2.45) is 5.84 Å². The minimum atomic E-state index is 0.0403. The fourth-order valence-electron chi connectivity index (χ4n) is 2.49. The highest BCUT2D eigenvalue weighted by Gasteiger charge is 2.26. The van der Waals surface area contributed by atoms with Crippen LogP contribution in [0.25, 0.3) is 0 Å². The molecule has 0 saturated carbocycles. The molecule has 18 heavy (non-hydrogen) atoms. The zero-order chi connectivity index (χ0) is 13.1. The van der Waals surface area contributed by atoms with Gasteiger partial charge in [-0.25, -0.2) is 5.01 Å². The first kappa shape index (κ1) is 13.1. The highest BCUT2D eigenvalue weighted by molar-refractivity contribution is 5.49. The number of hydrogen-bond donors (Lipinski definition) is 2. The molecule has 1 aromatic carbocycles. The van der Waals surface area contributed by atoms with Gasteiger partial charge in [-0.1, -0.05) is 0 Å². The molecule has 100 valence electrons. The Balaban J connectivity index is 2.44. The van der Waals surface area contributed by atoms with Crippen molar-refractivity contribution in [1.29, 1.82) is 0 Å². The standard InChI is InChI=1S/C13H20N2O3/c1-17-12-7-9-3-5-15(14)11(4-6-16)10(9)8-13(12)18-2/h7-8,11,16H,3-6,14H2,1-2H3. The topological polar surface area (TPSA) is 68.0 Å². The second kappa shape index (κ2) is 5.56. The lowest BCUT2D eigenvalue weighted by atomic mass is 9.91. The van der Waals surface area contributed by atoms with Crippen molar-refractivity contribution in [2.45, 2.75) is 18.9 Å². The molecule has 3 N–H and O–H groups in total. The molecule has 0 radical (unpaired) electrons. The van der Waals surface area contributed by atoms with Gasteiger partial charge in [0.2, 0.25) is 0 Å². The maximum atomic E-state index is 9.15. The van der Waals surface area contributed by atoms with E-state index in [0.29, 0.717) is 12.2 Å². The minimum absolute atomic E-state index is 0.0403. The SMILES string of the molecule is COc1cc2c(cc1OC)C(CCO)N(N)CC2. The van der Waals surface area contributed by atoms with Gasteiger partial charge in [0.15, 0.2) is 11.5 Å². The van der Waals surface area contributed by atoms with E-state index in [0.717, 1.165) is 24.3 Å². The van der Waals surface area contributed by atoms with Crippen LogP contribution in [0.15, 0.2) is 12.1 Å². The number of aliphatic hydroxyl groups excluding tert-OH is 1. The summed E-state index contributed by atoms with van der Waals surface area (Å²) in [5.41, 5.74) is 2.34. The third-order valence-electron chi connectivity index (χ3n) is 3.45. The van der Waals surface area contributed by atoms with Crippen LogP contribution in [0, 0.1) is 0 Å². The summed E-state index contributed by atoms with van der Waals surface area (Å²) in [6, 6.07) is 4.01. The smallest absolute Gasteiger partial charge is 0.161 e. The van der Waals surface area contributed by atoms with E-state index in [1.165, 1.54) is 5.56 Å². The number of rotatable bonds is 4. The highest BCUT2D eigenvalue weighted by atomic mass is 16.5. The maximum Gasteiger partial charge on any atom is 0.161 e. The molecule has 0 saturated heterocycles. The van der Waals surface area contributed by atoms with E-state index in [1.807, 2.05) is 12.1 Å². The zero-order valence-electron chi connectivity index (χ0n) is 10.8. The van der Waals surface area contributed by atoms with E-state index >= 15 is 0 Å². The lowest BCUT2D eigenvalue weighted by Crippen LogP contribution is -2.41. The molecule has 0 aromatic heterocycles. The maximum absolute atomic E-state index is 9.15. The molecule has 2 rings (SSSR count). The van der Waals surface area contributed by atoms with E-state index in [-0.39, 0.29) is 12.6 Å². The molecule has 1 aliphatic heterocycles. The summed E-state index contributed by atoms with van der Waals surface area (Å²) in [6.07, 6.45) is 1.51. The zero-order valence-corrected chi connectivity index (χ0v) is 10.8. The summed E-state index contributed by atoms with van der Waals surface area (Å²) in [5.74, 6) is 7.44. The molecular formula is C13H20N2O3. The molecule has 1 aromatic rings. The van der Waals surface area contributed by atoms with Crippen molar-refractivity contribution in [3.05, 3.63) is 23.3 Å². The van der Waals surface area contributed by atoms with E-state index in [4.69, 9.17) is 20.4 Å². The van der Waals surface area contributed by atoms with Gasteiger partial charge in [0.1, 0.15) is 0 Å². The number of aliphatic hydroxyl groups is 1. The van der Waals surface area contributed by atoms with Crippen LogP contribution in [0.4, 0.5) is 0 Å². The monoisotopic (exact) mass is 252 g/mol. The average molecular weight is 252 g/mol. The van der Waals surface area contributed by atoms with Crippen molar-refractivity contribution in [3.8, 4) is 11.5 Å². The van der Waals surface area contributed by atoms with Crippen LogP contribution in [0.3, 0.4) is 0 Å². The number of nitrogens with zero attached hydrogens (tertiary/aromatic N) is 1. The molecule has 5 nitrogen and oxygen atoms in total. The number of hydrazine groups is 1.